The van der Waals surface area contributed by atoms with Crippen molar-refractivity contribution in [3.63, 3.8) is 0 Å². The van der Waals surface area contributed by atoms with E-state index in [1.165, 1.54) is 0 Å². The van der Waals surface area contributed by atoms with E-state index in [1.54, 1.807) is 25.2 Å². The molecule has 0 radical (unpaired) electrons. The lowest BCUT2D eigenvalue weighted by atomic mass is 10.00. The smallest absolute Gasteiger partial charge is 0.163 e. The monoisotopic (exact) mass is 549 g/mol. The maximum absolute atomic E-state index is 10.0. The summed E-state index contributed by atoms with van der Waals surface area (Å²) in [5, 5.41) is 21.4. The number of anilines is 1. The molecule has 1 aromatic carbocycles. The standard InChI is InChI=1S/C26H33Cl2N5O4/c1-13-8-17(9-14(2)36-13)30-26-23(28)24(22-15(3)33-37-16(22)4)31-25(32-26)20-10-19(6-7-21(20)27)35-12-18(34)11-29-5/h6-7,10,13-14,17-18,29,34H,8-9,11-12H2,1-5H3,(H,30,31,32)/t13-,14+,17+,18-/m1/s1. The zero-order valence-electron chi connectivity index (χ0n) is 21.6. The van der Waals surface area contributed by atoms with Crippen LogP contribution in [0.1, 0.15) is 38.1 Å². The summed E-state index contributed by atoms with van der Waals surface area (Å²) < 4.78 is 17.1. The minimum absolute atomic E-state index is 0.116. The SMILES string of the molecule is CNC[C@@H](O)COc1ccc(Cl)c(-c2nc(N[C@H]3C[C@@H](C)O[C@@H](C)C3)c(Cl)c(-c3c(C)noc3C)n2)c1. The number of nitrogens with zero attached hydrogens (tertiary/aromatic N) is 3. The molecule has 0 unspecified atom stereocenters. The zero-order chi connectivity index (χ0) is 26.7. The van der Waals surface area contributed by atoms with E-state index < -0.39 is 6.10 Å². The van der Waals surface area contributed by atoms with Crippen molar-refractivity contribution in [2.45, 2.75) is 64.9 Å². The van der Waals surface area contributed by atoms with Gasteiger partial charge in [0.15, 0.2) is 5.82 Å². The molecule has 1 fully saturated rings. The maximum atomic E-state index is 10.0. The van der Waals surface area contributed by atoms with Crippen LogP contribution in [0.5, 0.6) is 5.75 Å². The van der Waals surface area contributed by atoms with Crippen molar-refractivity contribution in [1.29, 1.82) is 0 Å². The van der Waals surface area contributed by atoms with Crippen LogP contribution in [0.15, 0.2) is 22.7 Å². The fourth-order valence-corrected chi connectivity index (χ4v) is 5.05. The van der Waals surface area contributed by atoms with Gasteiger partial charge in [0.2, 0.25) is 0 Å². The Morgan fingerprint density at radius 2 is 1.89 bits per heavy atom. The fraction of sp³-hybridized carbons (Fsp3) is 0.500. The first-order chi connectivity index (χ1) is 17.7. The van der Waals surface area contributed by atoms with Crippen LogP contribution in [-0.4, -0.2) is 64.8 Å². The lowest BCUT2D eigenvalue weighted by molar-refractivity contribution is -0.0338. The lowest BCUT2D eigenvalue weighted by Gasteiger charge is -2.33. The molecule has 2 aromatic heterocycles. The van der Waals surface area contributed by atoms with Gasteiger partial charge in [0.05, 0.1) is 28.5 Å². The second-order valence-corrected chi connectivity index (χ2v) is 10.3. The number of aryl methyl sites for hydroxylation is 2. The molecule has 200 valence electrons. The van der Waals surface area contributed by atoms with E-state index in [2.05, 4.69) is 29.6 Å². The number of aliphatic hydroxyl groups is 1. The molecule has 0 amide bonds. The van der Waals surface area contributed by atoms with Crippen LogP contribution in [0.4, 0.5) is 5.82 Å². The molecule has 1 aliphatic heterocycles. The largest absolute Gasteiger partial charge is 0.491 e. The number of ether oxygens (including phenoxy) is 2. The highest BCUT2D eigenvalue weighted by Gasteiger charge is 2.28. The summed E-state index contributed by atoms with van der Waals surface area (Å²) in [6.45, 7) is 8.33. The highest BCUT2D eigenvalue weighted by molar-refractivity contribution is 6.35. The fourth-order valence-electron chi connectivity index (χ4n) is 4.62. The summed E-state index contributed by atoms with van der Waals surface area (Å²) in [7, 11) is 1.77. The van der Waals surface area contributed by atoms with Crippen LogP contribution in [-0.2, 0) is 4.74 Å². The minimum Gasteiger partial charge on any atom is -0.491 e. The van der Waals surface area contributed by atoms with E-state index in [1.807, 2.05) is 13.8 Å². The molecule has 37 heavy (non-hydrogen) atoms. The summed E-state index contributed by atoms with van der Waals surface area (Å²) in [5.74, 6) is 2.01. The first-order valence-electron chi connectivity index (χ1n) is 12.3. The molecule has 0 bridgehead atoms. The highest BCUT2D eigenvalue weighted by Crippen LogP contribution is 2.39. The molecule has 3 N–H and O–H groups in total. The average molecular weight is 550 g/mol. The quantitative estimate of drug-likeness (QED) is 0.337. The molecule has 1 aliphatic rings. The van der Waals surface area contributed by atoms with E-state index in [0.717, 1.165) is 12.8 Å². The third kappa shape index (κ3) is 6.53. The van der Waals surface area contributed by atoms with Gasteiger partial charge in [-0.3, -0.25) is 0 Å². The number of likely N-dealkylation sites (N-methyl/N-ethyl adjacent to an activating group) is 1. The maximum Gasteiger partial charge on any atom is 0.163 e. The first kappa shape index (κ1) is 27.6. The number of aromatic nitrogens is 3. The van der Waals surface area contributed by atoms with E-state index in [4.69, 9.17) is 47.2 Å². The van der Waals surface area contributed by atoms with Crippen molar-refractivity contribution in [2.24, 2.45) is 0 Å². The summed E-state index contributed by atoms with van der Waals surface area (Å²) in [5.41, 5.74) is 2.46. The van der Waals surface area contributed by atoms with Crippen molar-refractivity contribution >= 4 is 29.0 Å². The minimum atomic E-state index is -0.651. The van der Waals surface area contributed by atoms with Crippen molar-refractivity contribution in [1.82, 2.24) is 20.4 Å². The predicted molar refractivity (Wildman–Crippen MR) is 145 cm³/mol. The number of nitrogens with one attached hydrogen (secondary N) is 2. The molecule has 0 saturated carbocycles. The molecule has 3 heterocycles. The molecular formula is C26H33Cl2N5O4. The number of hydrogen-bond donors (Lipinski definition) is 3. The van der Waals surface area contributed by atoms with Crippen LogP contribution in [0, 0.1) is 13.8 Å². The van der Waals surface area contributed by atoms with Crippen LogP contribution >= 0.6 is 23.2 Å². The van der Waals surface area contributed by atoms with Crippen LogP contribution in [0.25, 0.3) is 22.6 Å². The first-order valence-corrected chi connectivity index (χ1v) is 13.1. The number of halogens is 2. The summed E-state index contributed by atoms with van der Waals surface area (Å²) in [4.78, 5) is 9.61. The van der Waals surface area contributed by atoms with Gasteiger partial charge in [0.1, 0.15) is 40.8 Å². The normalized spacial score (nSPS) is 20.6. The van der Waals surface area contributed by atoms with Crippen molar-refractivity contribution in [3.8, 4) is 28.4 Å². The van der Waals surface area contributed by atoms with E-state index >= 15 is 0 Å². The van der Waals surface area contributed by atoms with Gasteiger partial charge in [0.25, 0.3) is 0 Å². The van der Waals surface area contributed by atoms with Gasteiger partial charge in [-0.15, -0.1) is 0 Å². The van der Waals surface area contributed by atoms with Crippen LogP contribution in [0.2, 0.25) is 10.0 Å². The Balaban J connectivity index is 1.76. The highest BCUT2D eigenvalue weighted by atomic mass is 35.5. The third-order valence-corrected chi connectivity index (χ3v) is 6.91. The second kappa shape index (κ2) is 12.0. The van der Waals surface area contributed by atoms with E-state index in [0.29, 0.717) is 62.3 Å². The number of hydrogen-bond acceptors (Lipinski definition) is 9. The number of aliphatic hydroxyl groups excluding tert-OH is 1. The summed E-state index contributed by atoms with van der Waals surface area (Å²) in [6.07, 6.45) is 1.22. The molecule has 1 saturated heterocycles. The van der Waals surface area contributed by atoms with Crippen LogP contribution in [0.3, 0.4) is 0 Å². The van der Waals surface area contributed by atoms with Gasteiger partial charge in [0, 0.05) is 18.2 Å². The zero-order valence-corrected chi connectivity index (χ0v) is 23.2. The predicted octanol–water partition coefficient (Wildman–Crippen LogP) is 5.05. The number of benzene rings is 1. The van der Waals surface area contributed by atoms with E-state index in [-0.39, 0.29) is 24.9 Å². The Morgan fingerprint density at radius 3 is 2.54 bits per heavy atom. The van der Waals surface area contributed by atoms with Gasteiger partial charge < -0.3 is 29.7 Å². The van der Waals surface area contributed by atoms with Crippen molar-refractivity contribution in [2.75, 3.05) is 25.5 Å². The van der Waals surface area contributed by atoms with E-state index in [9.17, 15) is 5.11 Å². The molecule has 9 nitrogen and oxygen atoms in total. The molecule has 4 atom stereocenters. The Bertz CT molecular complexity index is 1210. The molecule has 11 heteroatoms. The lowest BCUT2D eigenvalue weighted by Crippen LogP contribution is -2.37. The van der Waals surface area contributed by atoms with Crippen molar-refractivity contribution in [3.05, 3.63) is 39.7 Å². The Labute approximate surface area is 226 Å². The molecule has 0 spiro atoms. The molecule has 3 aromatic rings. The summed E-state index contributed by atoms with van der Waals surface area (Å²) in [6, 6.07) is 5.35. The average Bonchev–Trinajstić information content (AvgIpc) is 3.17. The van der Waals surface area contributed by atoms with Crippen LogP contribution < -0.4 is 15.4 Å². The third-order valence-electron chi connectivity index (χ3n) is 6.22. The summed E-state index contributed by atoms with van der Waals surface area (Å²) >= 11 is 13.5. The number of rotatable bonds is 9. The Kier molecular flexibility index (Phi) is 8.92. The van der Waals surface area contributed by atoms with Gasteiger partial charge in [-0.1, -0.05) is 28.4 Å². The Morgan fingerprint density at radius 1 is 1.16 bits per heavy atom. The van der Waals surface area contributed by atoms with Gasteiger partial charge in [-0.25, -0.2) is 9.97 Å². The second-order valence-electron chi connectivity index (χ2n) is 9.49. The Hall–Kier alpha value is -2.43. The molecule has 0 aliphatic carbocycles. The van der Waals surface area contributed by atoms with Gasteiger partial charge >= 0.3 is 0 Å². The topological polar surface area (TPSA) is 115 Å². The van der Waals surface area contributed by atoms with Gasteiger partial charge in [-0.2, -0.15) is 0 Å². The molecular weight excluding hydrogens is 517 g/mol. The van der Waals surface area contributed by atoms with Crippen molar-refractivity contribution < 1.29 is 19.1 Å². The molecule has 4 rings (SSSR count). The van der Waals surface area contributed by atoms with Gasteiger partial charge in [-0.05, 0) is 65.8 Å².